The number of halogens is 1. The first-order valence-corrected chi connectivity index (χ1v) is 6.54. The molecule has 20 heavy (non-hydrogen) atoms. The molecule has 3 rings (SSSR count). The van der Waals surface area contributed by atoms with Gasteiger partial charge in [0.15, 0.2) is 0 Å². The molecule has 0 radical (unpaired) electrons. The average molecular weight is 285 g/mol. The van der Waals surface area contributed by atoms with Gasteiger partial charge in [-0.05, 0) is 24.3 Å². The van der Waals surface area contributed by atoms with Crippen LogP contribution in [0.5, 0.6) is 0 Å². The minimum atomic E-state index is 0.653. The van der Waals surface area contributed by atoms with Crippen LogP contribution in [0.2, 0.25) is 5.02 Å². The lowest BCUT2D eigenvalue weighted by molar-refractivity contribution is 1.29. The molecular formula is C15H13ClN4. The lowest BCUT2D eigenvalue weighted by Crippen LogP contribution is -1.93. The molecule has 0 aliphatic heterocycles. The third-order valence-electron chi connectivity index (χ3n) is 3.12. The van der Waals surface area contributed by atoms with E-state index in [4.69, 9.17) is 17.3 Å². The Labute approximate surface area is 121 Å². The zero-order chi connectivity index (χ0) is 14.1. The van der Waals surface area contributed by atoms with Gasteiger partial charge in [0.05, 0.1) is 5.52 Å². The predicted octanol–water partition coefficient (Wildman–Crippen LogP) is 3.57. The van der Waals surface area contributed by atoms with Gasteiger partial charge in [-0.3, -0.25) is 4.98 Å². The number of hydrogen-bond donors (Lipinski definition) is 2. The Morgan fingerprint density at radius 2 is 1.95 bits per heavy atom. The van der Waals surface area contributed by atoms with Gasteiger partial charge in [-0.1, -0.05) is 11.6 Å². The molecule has 100 valence electrons. The molecule has 3 aromatic rings. The summed E-state index contributed by atoms with van der Waals surface area (Å²) in [5, 5.41) is 4.60. The van der Waals surface area contributed by atoms with Crippen LogP contribution >= 0.6 is 11.6 Å². The maximum atomic E-state index is 6.22. The minimum Gasteiger partial charge on any atom is -0.399 e. The van der Waals surface area contributed by atoms with E-state index in [0.717, 1.165) is 27.8 Å². The van der Waals surface area contributed by atoms with Crippen molar-refractivity contribution in [2.75, 3.05) is 18.1 Å². The van der Waals surface area contributed by atoms with Crippen molar-refractivity contribution in [1.82, 2.24) is 9.97 Å². The van der Waals surface area contributed by atoms with Crippen LogP contribution in [-0.4, -0.2) is 17.0 Å². The predicted molar refractivity (Wildman–Crippen MR) is 83.9 cm³/mol. The second-order valence-corrected chi connectivity index (χ2v) is 4.88. The van der Waals surface area contributed by atoms with E-state index in [0.29, 0.717) is 10.7 Å². The van der Waals surface area contributed by atoms with Crippen LogP contribution in [0.15, 0.2) is 42.7 Å². The summed E-state index contributed by atoms with van der Waals surface area (Å²) >= 11 is 6.22. The number of nitrogens with two attached hydrogens (primary N) is 1. The van der Waals surface area contributed by atoms with Crippen LogP contribution in [0.3, 0.4) is 0 Å². The highest BCUT2D eigenvalue weighted by Crippen LogP contribution is 2.31. The zero-order valence-electron chi connectivity index (χ0n) is 10.9. The summed E-state index contributed by atoms with van der Waals surface area (Å²) in [7, 11) is 1.83. The van der Waals surface area contributed by atoms with Crippen molar-refractivity contribution in [3.05, 3.63) is 47.7 Å². The van der Waals surface area contributed by atoms with Gasteiger partial charge in [0, 0.05) is 52.7 Å². The summed E-state index contributed by atoms with van der Waals surface area (Å²) in [5.41, 5.74) is 9.17. The quantitative estimate of drug-likeness (QED) is 0.706. The fourth-order valence-corrected chi connectivity index (χ4v) is 2.30. The van der Waals surface area contributed by atoms with Gasteiger partial charge in [0.2, 0.25) is 0 Å². The highest BCUT2D eigenvalue weighted by Gasteiger charge is 2.06. The first kappa shape index (κ1) is 12.7. The molecule has 0 spiro atoms. The topological polar surface area (TPSA) is 63.8 Å². The molecule has 0 saturated carbocycles. The number of benzene rings is 1. The maximum Gasteiger partial charge on any atom is 0.127 e. The van der Waals surface area contributed by atoms with E-state index in [1.54, 1.807) is 24.5 Å². The van der Waals surface area contributed by atoms with Crippen LogP contribution in [0, 0.1) is 0 Å². The summed E-state index contributed by atoms with van der Waals surface area (Å²) in [5.74, 6) is 0.791. The summed E-state index contributed by atoms with van der Waals surface area (Å²) in [6.07, 6.45) is 3.58. The molecule has 0 saturated heterocycles. The third-order valence-corrected chi connectivity index (χ3v) is 3.45. The highest BCUT2D eigenvalue weighted by molar-refractivity contribution is 6.33. The third kappa shape index (κ3) is 2.26. The van der Waals surface area contributed by atoms with Gasteiger partial charge >= 0.3 is 0 Å². The van der Waals surface area contributed by atoms with Gasteiger partial charge in [-0.2, -0.15) is 0 Å². The number of nitrogens with one attached hydrogen (secondary N) is 1. The van der Waals surface area contributed by atoms with Gasteiger partial charge in [-0.25, -0.2) is 4.98 Å². The molecular weight excluding hydrogens is 272 g/mol. The molecule has 2 heterocycles. The van der Waals surface area contributed by atoms with E-state index in [2.05, 4.69) is 15.3 Å². The van der Waals surface area contributed by atoms with Crippen molar-refractivity contribution in [3.8, 4) is 11.1 Å². The number of hydrogen-bond acceptors (Lipinski definition) is 4. The number of nitrogens with zero attached hydrogens (tertiary/aromatic N) is 2. The van der Waals surface area contributed by atoms with E-state index < -0.39 is 0 Å². The smallest absolute Gasteiger partial charge is 0.127 e. The molecule has 0 fully saturated rings. The first-order valence-electron chi connectivity index (χ1n) is 6.16. The number of anilines is 2. The number of nitrogen functional groups attached to an aromatic ring is 1. The van der Waals surface area contributed by atoms with Crippen molar-refractivity contribution in [2.45, 2.75) is 0 Å². The molecule has 0 atom stereocenters. The monoisotopic (exact) mass is 284 g/mol. The van der Waals surface area contributed by atoms with Crippen LogP contribution in [0.1, 0.15) is 0 Å². The Morgan fingerprint density at radius 3 is 2.75 bits per heavy atom. The minimum absolute atomic E-state index is 0.653. The van der Waals surface area contributed by atoms with Crippen LogP contribution in [-0.2, 0) is 0 Å². The molecule has 5 heteroatoms. The largest absolute Gasteiger partial charge is 0.399 e. The Bertz CT molecular complexity index is 786. The fraction of sp³-hybridized carbons (Fsp3) is 0.0667. The first-order chi connectivity index (χ1) is 9.67. The Hall–Kier alpha value is -2.33. The Morgan fingerprint density at radius 1 is 1.10 bits per heavy atom. The zero-order valence-corrected chi connectivity index (χ0v) is 11.6. The van der Waals surface area contributed by atoms with E-state index in [-0.39, 0.29) is 0 Å². The van der Waals surface area contributed by atoms with Crippen LogP contribution in [0.4, 0.5) is 11.5 Å². The molecule has 2 aromatic heterocycles. The maximum absolute atomic E-state index is 6.22. The van der Waals surface area contributed by atoms with E-state index in [1.807, 2.05) is 25.2 Å². The Kier molecular flexibility index (Phi) is 3.16. The van der Waals surface area contributed by atoms with Crippen molar-refractivity contribution < 1.29 is 0 Å². The second kappa shape index (κ2) is 4.98. The van der Waals surface area contributed by atoms with Gasteiger partial charge < -0.3 is 11.1 Å². The van der Waals surface area contributed by atoms with Gasteiger partial charge in [0.25, 0.3) is 0 Å². The molecule has 0 bridgehead atoms. The molecule has 0 aliphatic carbocycles. The molecule has 0 amide bonds. The van der Waals surface area contributed by atoms with E-state index in [9.17, 15) is 0 Å². The second-order valence-electron chi connectivity index (χ2n) is 4.48. The average Bonchev–Trinajstić information content (AvgIpc) is 2.48. The lowest BCUT2D eigenvalue weighted by Gasteiger charge is -2.07. The van der Waals surface area contributed by atoms with E-state index in [1.165, 1.54) is 0 Å². The van der Waals surface area contributed by atoms with Crippen LogP contribution < -0.4 is 11.1 Å². The molecule has 1 aromatic carbocycles. The number of aromatic nitrogens is 2. The summed E-state index contributed by atoms with van der Waals surface area (Å²) in [4.78, 5) is 8.75. The molecule has 0 unspecified atom stereocenters. The number of pyridine rings is 2. The number of fused-ring (bicyclic) bond motifs is 1. The molecule has 0 aliphatic rings. The van der Waals surface area contributed by atoms with Gasteiger partial charge in [0.1, 0.15) is 5.82 Å². The highest BCUT2D eigenvalue weighted by atomic mass is 35.5. The van der Waals surface area contributed by atoms with Crippen molar-refractivity contribution in [3.63, 3.8) is 0 Å². The van der Waals surface area contributed by atoms with Gasteiger partial charge in [-0.15, -0.1) is 0 Å². The summed E-state index contributed by atoms with van der Waals surface area (Å²) in [6.45, 7) is 0. The molecule has 4 nitrogen and oxygen atoms in total. The standard InChI is InChI=1S/C15H13ClN4/c1-18-15-6-14-10(8-20-15)4-9(7-19-14)12-5-11(17)2-3-13(12)16/h2-8H,17H2,1H3,(H,18,20). The summed E-state index contributed by atoms with van der Waals surface area (Å²) < 4.78 is 0. The van der Waals surface area contributed by atoms with Crippen molar-refractivity contribution >= 4 is 34.0 Å². The van der Waals surface area contributed by atoms with Crippen molar-refractivity contribution in [2.24, 2.45) is 0 Å². The SMILES string of the molecule is CNc1cc2ncc(-c3cc(N)ccc3Cl)cc2cn1. The lowest BCUT2D eigenvalue weighted by atomic mass is 10.1. The fourth-order valence-electron chi connectivity index (χ4n) is 2.07. The summed E-state index contributed by atoms with van der Waals surface area (Å²) in [6, 6.07) is 9.33. The van der Waals surface area contributed by atoms with Crippen molar-refractivity contribution in [1.29, 1.82) is 0 Å². The van der Waals surface area contributed by atoms with E-state index >= 15 is 0 Å². The number of rotatable bonds is 2. The molecule has 3 N–H and O–H groups in total. The Balaban J connectivity index is 2.15. The normalized spacial score (nSPS) is 10.7. The van der Waals surface area contributed by atoms with Crippen LogP contribution in [0.25, 0.3) is 22.0 Å².